The molecule has 0 amide bonds. The maximum atomic E-state index is 13.6. The second-order valence-corrected chi connectivity index (χ2v) is 14.6. The first kappa shape index (κ1) is 36.1. The van der Waals surface area contributed by atoms with Crippen molar-refractivity contribution in [3.05, 3.63) is 181 Å². The van der Waals surface area contributed by atoms with E-state index in [1.165, 1.54) is 24.3 Å². The zero-order valence-corrected chi connectivity index (χ0v) is 30.6. The monoisotopic (exact) mass is 778 g/mol. The molecule has 0 saturated heterocycles. The van der Waals surface area contributed by atoms with E-state index in [1.807, 2.05) is 24.3 Å². The average molecular weight is 779 g/mol. The summed E-state index contributed by atoms with van der Waals surface area (Å²) in [5.41, 5.74) is 6.81. The number of pyridine rings is 2. The normalized spacial score (nSPS) is 12.0. The number of benzene rings is 6. The van der Waals surface area contributed by atoms with E-state index in [2.05, 4.69) is 70.6 Å². The summed E-state index contributed by atoms with van der Waals surface area (Å²) < 4.78 is 83.9. The van der Waals surface area contributed by atoms with Crippen molar-refractivity contribution in [1.29, 1.82) is 0 Å². The van der Waals surface area contributed by atoms with Crippen LogP contribution in [0.5, 0.6) is 0 Å². The topological polar surface area (TPSA) is 25.8 Å². The van der Waals surface area contributed by atoms with Crippen LogP contribution in [-0.4, -0.2) is 9.97 Å². The van der Waals surface area contributed by atoms with Gasteiger partial charge in [-0.3, -0.25) is 9.97 Å². The van der Waals surface area contributed by atoms with Gasteiger partial charge in [-0.2, -0.15) is 26.3 Å². The minimum Gasteiger partial charge on any atom is -0.256 e. The minimum absolute atomic E-state index is 0.0435. The molecule has 57 heavy (non-hydrogen) atoms. The Hall–Kier alpha value is -6.58. The number of halogens is 6. The molecule has 9 rings (SSSR count). The van der Waals surface area contributed by atoms with Crippen LogP contribution in [0.3, 0.4) is 0 Å². The largest absolute Gasteiger partial charge is 0.417 e. The molecule has 0 unspecified atom stereocenters. The molecule has 0 fully saturated rings. The first-order chi connectivity index (χ1) is 27.5. The molecule has 3 aromatic heterocycles. The van der Waals surface area contributed by atoms with Gasteiger partial charge in [-0.15, -0.1) is 11.3 Å². The molecule has 0 aliphatic carbocycles. The van der Waals surface area contributed by atoms with Gasteiger partial charge in [-0.1, -0.05) is 133 Å². The van der Waals surface area contributed by atoms with E-state index < -0.39 is 23.5 Å². The number of alkyl halides is 6. The summed E-state index contributed by atoms with van der Waals surface area (Å²) in [6.07, 6.45) is -5.75. The third-order valence-corrected chi connectivity index (χ3v) is 11.4. The van der Waals surface area contributed by atoms with E-state index in [0.29, 0.717) is 0 Å². The summed E-state index contributed by atoms with van der Waals surface area (Å²) in [6, 6.07) is 46.5. The van der Waals surface area contributed by atoms with E-state index in [-0.39, 0.29) is 22.5 Å². The van der Waals surface area contributed by atoms with Crippen molar-refractivity contribution in [2.24, 2.45) is 0 Å². The second kappa shape index (κ2) is 14.2. The van der Waals surface area contributed by atoms with Gasteiger partial charge in [0.1, 0.15) is 0 Å². The van der Waals surface area contributed by atoms with E-state index in [0.717, 1.165) is 76.8 Å². The number of hydrogen-bond acceptors (Lipinski definition) is 3. The van der Waals surface area contributed by atoms with Crippen molar-refractivity contribution in [3.8, 4) is 67.0 Å². The molecular weight excluding hydrogens is 751 g/mol. The molecule has 0 bridgehead atoms. The van der Waals surface area contributed by atoms with Crippen LogP contribution in [0, 0.1) is 0 Å². The first-order valence-corrected chi connectivity index (χ1v) is 18.8. The first-order valence-electron chi connectivity index (χ1n) is 17.9. The van der Waals surface area contributed by atoms with Crippen LogP contribution in [0.2, 0.25) is 0 Å². The Balaban J connectivity index is 0.985. The Bertz CT molecular complexity index is 2700. The van der Waals surface area contributed by atoms with Crippen molar-refractivity contribution in [2.75, 3.05) is 0 Å². The van der Waals surface area contributed by atoms with Gasteiger partial charge >= 0.3 is 12.4 Å². The van der Waals surface area contributed by atoms with Crippen LogP contribution >= 0.6 is 11.3 Å². The fourth-order valence-electron chi connectivity index (χ4n) is 7.31. The Morgan fingerprint density at radius 1 is 0.333 bits per heavy atom. The Morgan fingerprint density at radius 3 is 1.05 bits per heavy atom. The standard InChI is InChI=1S/C48H28F6N2S/c49-47(50,51)41-13-3-1-7-39(41)43-25-23-33(27-55-43)29-15-19-31(20-16-29)35-9-5-11-37-38-12-6-10-36(46(38)57-45(35)37)32-21-17-30(18-22-32)34-24-26-44(56-28-34)40-8-2-4-14-42(40)48(52,53)54/h1-28H. The molecule has 0 N–H and O–H groups in total. The molecular formula is C48H28F6N2S. The van der Waals surface area contributed by atoms with Crippen LogP contribution in [-0.2, 0) is 12.4 Å². The molecule has 9 aromatic rings. The lowest BCUT2D eigenvalue weighted by molar-refractivity contribution is -0.137. The maximum absolute atomic E-state index is 13.6. The molecule has 3 heterocycles. The van der Waals surface area contributed by atoms with Crippen LogP contribution in [0.25, 0.3) is 87.2 Å². The Morgan fingerprint density at radius 2 is 0.684 bits per heavy atom. The predicted octanol–water partition coefficient (Wildman–Crippen LogP) is 14.9. The molecule has 0 aliphatic heterocycles. The van der Waals surface area contributed by atoms with Crippen molar-refractivity contribution in [1.82, 2.24) is 9.97 Å². The Kier molecular flexibility index (Phi) is 8.97. The molecule has 9 heteroatoms. The van der Waals surface area contributed by atoms with Crippen LogP contribution < -0.4 is 0 Å². The Labute approximate surface area is 327 Å². The quantitative estimate of drug-likeness (QED) is 0.157. The number of nitrogens with zero attached hydrogens (tertiary/aromatic N) is 2. The molecule has 0 radical (unpaired) electrons. The maximum Gasteiger partial charge on any atom is 0.417 e. The van der Waals surface area contributed by atoms with E-state index in [9.17, 15) is 26.3 Å². The highest BCUT2D eigenvalue weighted by molar-refractivity contribution is 7.26. The fraction of sp³-hybridized carbons (Fsp3) is 0.0417. The van der Waals surface area contributed by atoms with Crippen LogP contribution in [0.15, 0.2) is 170 Å². The number of aromatic nitrogens is 2. The van der Waals surface area contributed by atoms with E-state index in [1.54, 1.807) is 60.1 Å². The van der Waals surface area contributed by atoms with Crippen LogP contribution in [0.1, 0.15) is 11.1 Å². The van der Waals surface area contributed by atoms with Gasteiger partial charge in [0.25, 0.3) is 0 Å². The molecule has 278 valence electrons. The highest BCUT2D eigenvalue weighted by Gasteiger charge is 2.34. The molecule has 2 nitrogen and oxygen atoms in total. The van der Waals surface area contributed by atoms with Gasteiger partial charge in [0.15, 0.2) is 0 Å². The van der Waals surface area contributed by atoms with Crippen molar-refractivity contribution in [2.45, 2.75) is 12.4 Å². The summed E-state index contributed by atoms with van der Waals surface area (Å²) in [6.45, 7) is 0. The third kappa shape index (κ3) is 6.84. The SMILES string of the molecule is FC(F)(F)c1ccccc1-c1ccc(-c2ccc(-c3cccc4c3sc3c(-c5ccc(-c6ccc(-c7ccccc7C(F)(F)F)nc6)cc5)cccc34)cc2)cn1. The number of fused-ring (bicyclic) bond motifs is 3. The molecule has 0 spiro atoms. The lowest BCUT2D eigenvalue weighted by atomic mass is 9.97. The van der Waals surface area contributed by atoms with Crippen molar-refractivity contribution < 1.29 is 26.3 Å². The summed E-state index contributed by atoms with van der Waals surface area (Å²) in [5, 5.41) is 2.29. The zero-order valence-electron chi connectivity index (χ0n) is 29.7. The summed E-state index contributed by atoms with van der Waals surface area (Å²) in [5.74, 6) is 0. The molecule has 0 aliphatic rings. The van der Waals surface area contributed by atoms with Crippen LogP contribution in [0.4, 0.5) is 26.3 Å². The number of hydrogen-bond donors (Lipinski definition) is 0. The van der Waals surface area contributed by atoms with Crippen molar-refractivity contribution >= 4 is 31.5 Å². The number of thiophene rings is 1. The lowest BCUT2D eigenvalue weighted by Gasteiger charge is -2.12. The van der Waals surface area contributed by atoms with Gasteiger partial charge in [-0.05, 0) is 57.6 Å². The predicted molar refractivity (Wildman–Crippen MR) is 218 cm³/mol. The second-order valence-electron chi connectivity index (χ2n) is 13.6. The highest BCUT2D eigenvalue weighted by Crippen LogP contribution is 2.45. The average Bonchev–Trinajstić information content (AvgIpc) is 3.63. The molecule has 0 saturated carbocycles. The van der Waals surface area contributed by atoms with Gasteiger partial charge in [-0.25, -0.2) is 0 Å². The summed E-state index contributed by atoms with van der Waals surface area (Å²) >= 11 is 1.73. The van der Waals surface area contributed by atoms with Crippen molar-refractivity contribution in [3.63, 3.8) is 0 Å². The third-order valence-electron chi connectivity index (χ3n) is 10.1. The minimum atomic E-state index is -4.48. The lowest BCUT2D eigenvalue weighted by Crippen LogP contribution is -2.07. The number of rotatable bonds is 6. The molecule has 0 atom stereocenters. The summed E-state index contributed by atoms with van der Waals surface area (Å²) in [7, 11) is 0. The van der Waals surface area contributed by atoms with Gasteiger partial charge in [0.05, 0.1) is 22.5 Å². The fourth-order valence-corrected chi connectivity index (χ4v) is 8.69. The van der Waals surface area contributed by atoms with E-state index >= 15 is 0 Å². The van der Waals surface area contributed by atoms with Gasteiger partial charge in [0, 0.05) is 54.8 Å². The van der Waals surface area contributed by atoms with E-state index in [4.69, 9.17) is 0 Å². The van der Waals surface area contributed by atoms with Gasteiger partial charge < -0.3 is 0 Å². The zero-order chi connectivity index (χ0) is 39.3. The summed E-state index contributed by atoms with van der Waals surface area (Å²) in [4.78, 5) is 8.78. The van der Waals surface area contributed by atoms with Gasteiger partial charge in [0.2, 0.25) is 0 Å². The molecule has 6 aromatic carbocycles. The highest BCUT2D eigenvalue weighted by atomic mass is 32.1. The smallest absolute Gasteiger partial charge is 0.256 e.